The highest BCUT2D eigenvalue weighted by Gasteiger charge is 2.30. The number of aryl methyl sites for hydroxylation is 1. The molecule has 4 rings (SSSR count). The summed E-state index contributed by atoms with van der Waals surface area (Å²) in [7, 11) is 1.28. The molecule has 0 fully saturated rings. The Balaban J connectivity index is 0.000000547. The maximum absolute atomic E-state index is 12.6. The third kappa shape index (κ3) is 7.15. The van der Waals surface area contributed by atoms with Gasteiger partial charge < -0.3 is 14.2 Å². The highest BCUT2D eigenvalue weighted by Crippen LogP contribution is 2.45. The molecule has 0 atom stereocenters. The molecule has 0 aliphatic carbocycles. The summed E-state index contributed by atoms with van der Waals surface area (Å²) in [5.74, 6) is 0.293. The van der Waals surface area contributed by atoms with Crippen LogP contribution in [0.15, 0.2) is 77.2 Å². The highest BCUT2D eigenvalue weighted by molar-refractivity contribution is 7.61. The van der Waals surface area contributed by atoms with Gasteiger partial charge in [-0.3, -0.25) is 0 Å². The Hall–Kier alpha value is -4.44. The first-order valence-electron chi connectivity index (χ1n) is 12.6. The van der Waals surface area contributed by atoms with E-state index in [0.29, 0.717) is 28.7 Å². The molecule has 0 saturated heterocycles. The van der Waals surface area contributed by atoms with E-state index < -0.39 is 16.5 Å². The predicted octanol–water partition coefficient (Wildman–Crippen LogP) is 6.23. The van der Waals surface area contributed by atoms with Gasteiger partial charge in [0, 0.05) is 0 Å². The van der Waals surface area contributed by atoms with Gasteiger partial charge in [0.1, 0.15) is 22.9 Å². The molecule has 0 saturated carbocycles. The van der Waals surface area contributed by atoms with E-state index >= 15 is 0 Å². The number of rotatable bonds is 8. The Morgan fingerprint density at radius 1 is 0.900 bits per heavy atom. The van der Waals surface area contributed by atoms with Crippen LogP contribution in [0.25, 0.3) is 16.9 Å². The van der Waals surface area contributed by atoms with E-state index in [1.165, 1.54) is 31.6 Å². The summed E-state index contributed by atoms with van der Waals surface area (Å²) in [4.78, 5) is 12.6. The van der Waals surface area contributed by atoms with Crippen LogP contribution in [0, 0.1) is 12.8 Å². The predicted molar refractivity (Wildman–Crippen MR) is 154 cm³/mol. The number of aromatic nitrogens is 2. The van der Waals surface area contributed by atoms with E-state index in [0.717, 1.165) is 12.0 Å². The Bertz CT molecular complexity index is 1560. The number of carbonyl (C=O) groups is 1. The Morgan fingerprint density at radius 2 is 1.50 bits per heavy atom. The zero-order valence-electron chi connectivity index (χ0n) is 23.4. The minimum Gasteiger partial charge on any atom is -0.496 e. The summed E-state index contributed by atoms with van der Waals surface area (Å²) in [6, 6.07) is 22.9. The maximum atomic E-state index is 12.6. The van der Waals surface area contributed by atoms with Crippen molar-refractivity contribution in [3.05, 3.63) is 89.6 Å². The van der Waals surface area contributed by atoms with Gasteiger partial charge in [0.15, 0.2) is 5.69 Å². The van der Waals surface area contributed by atoms with Crippen LogP contribution >= 0.6 is 0 Å². The lowest BCUT2D eigenvalue weighted by atomic mass is 10.0. The molecule has 0 aliphatic rings. The van der Waals surface area contributed by atoms with Gasteiger partial charge in [-0.05, 0) is 43.0 Å². The van der Waals surface area contributed by atoms with Crippen LogP contribution in [0.3, 0.4) is 0 Å². The van der Waals surface area contributed by atoms with Crippen molar-refractivity contribution in [3.63, 3.8) is 0 Å². The number of para-hydroxylation sites is 1. The van der Waals surface area contributed by atoms with Gasteiger partial charge in [0.25, 0.3) is 0 Å². The van der Waals surface area contributed by atoms with Crippen molar-refractivity contribution < 1.29 is 27.4 Å². The number of carbonyl (C=O) groups excluding carboxylic acids is 1. The Kier molecular flexibility index (Phi) is 10.6. The second-order valence-corrected chi connectivity index (χ2v) is 9.79. The first kappa shape index (κ1) is 30.1. The first-order chi connectivity index (χ1) is 19.2. The van der Waals surface area contributed by atoms with Crippen LogP contribution in [-0.4, -0.2) is 45.5 Å². The van der Waals surface area contributed by atoms with Gasteiger partial charge in [-0.25, -0.2) is 9.48 Å². The summed E-state index contributed by atoms with van der Waals surface area (Å²) in [5.41, 5.74) is 3.15. The van der Waals surface area contributed by atoms with Gasteiger partial charge >= 0.3 is 16.5 Å². The minimum absolute atomic E-state index is 0.169. The molecule has 0 amide bonds. The molecular formula is C30H33N3O6S. The fourth-order valence-electron chi connectivity index (χ4n) is 4.15. The number of hydrogen-bond donors (Lipinski definition) is 0. The fourth-order valence-corrected chi connectivity index (χ4v) is 4.47. The average Bonchev–Trinajstić information content (AvgIpc) is 3.30. The van der Waals surface area contributed by atoms with E-state index in [9.17, 15) is 13.2 Å². The molecular weight excluding hydrogens is 530 g/mol. The molecule has 40 heavy (non-hydrogen) atoms. The molecule has 0 aliphatic heterocycles. The summed E-state index contributed by atoms with van der Waals surface area (Å²) in [6.45, 7) is 6.26. The van der Waals surface area contributed by atoms with Crippen molar-refractivity contribution in [2.24, 2.45) is 10.3 Å². The molecule has 9 nitrogen and oxygen atoms in total. The molecule has 0 bridgehead atoms. The zero-order valence-corrected chi connectivity index (χ0v) is 24.2. The second kappa shape index (κ2) is 14.1. The summed E-state index contributed by atoms with van der Waals surface area (Å²) < 4.78 is 44.5. The van der Waals surface area contributed by atoms with Crippen LogP contribution < -0.4 is 9.47 Å². The lowest BCUT2D eigenvalue weighted by molar-refractivity contribution is 0.0594. The number of nitrogens with zero attached hydrogens (tertiary/aromatic N) is 3. The van der Waals surface area contributed by atoms with Crippen LogP contribution in [0.2, 0.25) is 0 Å². The molecule has 0 unspecified atom stereocenters. The van der Waals surface area contributed by atoms with E-state index in [2.05, 4.69) is 42.4 Å². The third-order valence-corrected chi connectivity index (χ3v) is 6.19. The number of hydrogen-bond acceptors (Lipinski definition) is 8. The Labute approximate surface area is 236 Å². The monoisotopic (exact) mass is 563 g/mol. The van der Waals surface area contributed by atoms with Crippen molar-refractivity contribution in [1.82, 2.24) is 9.78 Å². The van der Waals surface area contributed by atoms with Gasteiger partial charge in [-0.15, -0.1) is 4.36 Å². The summed E-state index contributed by atoms with van der Waals surface area (Å²) >= 11 is 0. The molecule has 4 aromatic rings. The first-order valence-corrected chi connectivity index (χ1v) is 13.6. The lowest BCUT2D eigenvalue weighted by Gasteiger charge is -2.17. The topological polar surface area (TPSA) is 109 Å². The van der Waals surface area contributed by atoms with Crippen molar-refractivity contribution in [3.8, 4) is 28.4 Å². The van der Waals surface area contributed by atoms with E-state index in [1.807, 2.05) is 42.5 Å². The minimum atomic E-state index is -2.87. The van der Waals surface area contributed by atoms with Crippen molar-refractivity contribution in [1.29, 1.82) is 0 Å². The summed E-state index contributed by atoms with van der Waals surface area (Å²) in [6.07, 6.45) is 0.728. The van der Waals surface area contributed by atoms with Gasteiger partial charge in [-0.1, -0.05) is 74.0 Å². The normalized spacial score (nSPS) is 10.4. The van der Waals surface area contributed by atoms with E-state index in [4.69, 9.17) is 14.2 Å². The number of esters is 1. The van der Waals surface area contributed by atoms with Crippen molar-refractivity contribution >= 4 is 22.2 Å². The molecule has 10 heteroatoms. The molecule has 0 radical (unpaired) electrons. The van der Waals surface area contributed by atoms with Crippen LogP contribution in [0.5, 0.6) is 11.5 Å². The maximum Gasteiger partial charge on any atom is 0.360 e. The molecule has 3 aromatic carbocycles. The zero-order chi connectivity index (χ0) is 29.2. The molecule has 1 aromatic heterocycles. The van der Waals surface area contributed by atoms with Crippen LogP contribution in [-0.2, 0) is 21.7 Å². The molecule has 0 spiro atoms. The smallest absolute Gasteiger partial charge is 0.360 e. The van der Waals surface area contributed by atoms with E-state index in [-0.39, 0.29) is 17.1 Å². The number of ether oxygens (including phenoxy) is 3. The van der Waals surface area contributed by atoms with Crippen LogP contribution in [0.1, 0.15) is 35.5 Å². The SMILES string of the molecule is COC(=O)c1nn(-c2ccccc2CC(C)C)c(-c2c(OC)cccc2OC)c1N=S(=O)=O.Cc1ccccc1. The van der Waals surface area contributed by atoms with Crippen molar-refractivity contribution in [2.45, 2.75) is 27.2 Å². The van der Waals surface area contributed by atoms with Crippen LogP contribution in [0.4, 0.5) is 5.69 Å². The largest absolute Gasteiger partial charge is 0.496 e. The van der Waals surface area contributed by atoms with Crippen molar-refractivity contribution in [2.75, 3.05) is 21.3 Å². The number of methoxy groups -OCH3 is 3. The third-order valence-electron chi connectivity index (χ3n) is 5.86. The molecule has 1 heterocycles. The summed E-state index contributed by atoms with van der Waals surface area (Å²) in [5, 5.41) is 4.46. The highest BCUT2D eigenvalue weighted by atomic mass is 32.2. The fraction of sp³-hybridized carbons (Fsp3) is 0.267. The quantitative estimate of drug-likeness (QED) is 0.234. The standard InChI is InChI=1S/C23H25N3O6S.C7H8/c1-14(2)13-15-9-6-7-10-16(15)26-22(19-17(30-3)11-8-12-18(19)31-4)20(25-33(28)29)21(24-26)23(27)32-5;1-7-5-3-2-4-6-7/h6-12,14H,13H2,1-5H3;2-6H,1H3. The van der Waals surface area contributed by atoms with Gasteiger partial charge in [0.2, 0.25) is 0 Å². The molecule has 0 N–H and O–H groups in total. The number of benzene rings is 3. The lowest BCUT2D eigenvalue weighted by Crippen LogP contribution is -2.08. The van der Waals surface area contributed by atoms with Gasteiger partial charge in [-0.2, -0.15) is 13.5 Å². The average molecular weight is 564 g/mol. The van der Waals surface area contributed by atoms with Gasteiger partial charge in [0.05, 0.1) is 32.6 Å². The molecule has 210 valence electrons. The van der Waals surface area contributed by atoms with E-state index in [1.54, 1.807) is 18.2 Å². The second-order valence-electron chi connectivity index (χ2n) is 9.18. The Morgan fingerprint density at radius 3 is 2.00 bits per heavy atom.